The van der Waals surface area contributed by atoms with Gasteiger partial charge in [0.15, 0.2) is 0 Å². The van der Waals surface area contributed by atoms with Crippen LogP contribution in [0.5, 0.6) is 0 Å². The first-order chi connectivity index (χ1) is 11.2. The molecule has 0 bridgehead atoms. The average Bonchev–Trinajstić information content (AvgIpc) is 2.57. The number of ether oxygens (including phenoxy) is 2. The minimum absolute atomic E-state index is 0.249. The highest BCUT2D eigenvalue weighted by Crippen LogP contribution is 2.13. The zero-order valence-electron chi connectivity index (χ0n) is 15.8. The highest BCUT2D eigenvalue weighted by Gasteiger charge is 2.08. The fourth-order valence-corrected chi connectivity index (χ4v) is 2.49. The molecule has 0 radical (unpaired) electrons. The van der Waals surface area contributed by atoms with Crippen molar-refractivity contribution in [3.63, 3.8) is 0 Å². The largest absolute Gasteiger partial charge is 0.462 e. The Bertz CT molecular complexity index is 299. The summed E-state index contributed by atoms with van der Waals surface area (Å²) in [5.74, 6) is 0.883. The summed E-state index contributed by atoms with van der Waals surface area (Å²) < 4.78 is 11.0. The van der Waals surface area contributed by atoms with E-state index in [-0.39, 0.29) is 5.97 Å². The van der Waals surface area contributed by atoms with Gasteiger partial charge in [-0.2, -0.15) is 0 Å². The van der Waals surface area contributed by atoms with Gasteiger partial charge in [0.1, 0.15) is 0 Å². The molecule has 0 saturated heterocycles. The molecule has 136 valence electrons. The van der Waals surface area contributed by atoms with Crippen molar-refractivity contribution in [3.8, 4) is 0 Å². The molecule has 0 aliphatic carbocycles. The van der Waals surface area contributed by atoms with Crippen LogP contribution in [0.4, 0.5) is 0 Å². The van der Waals surface area contributed by atoms with Gasteiger partial charge in [0.25, 0.3) is 0 Å². The molecule has 0 aromatic heterocycles. The van der Waals surface area contributed by atoms with Gasteiger partial charge in [-0.1, -0.05) is 72.3 Å². The molecule has 2 unspecified atom stereocenters. The molecule has 3 nitrogen and oxygen atoms in total. The topological polar surface area (TPSA) is 35.5 Å². The minimum Gasteiger partial charge on any atom is -0.462 e. The van der Waals surface area contributed by atoms with Gasteiger partial charge in [0.05, 0.1) is 13.2 Å². The fourth-order valence-electron chi connectivity index (χ4n) is 2.49. The second-order valence-electron chi connectivity index (χ2n) is 6.40. The monoisotopic (exact) mass is 326 g/mol. The number of hydrogen-bond acceptors (Lipinski definition) is 3. The predicted molar refractivity (Wildman–Crippen MR) is 97.5 cm³/mol. The van der Waals surface area contributed by atoms with Gasteiger partial charge in [-0.3, -0.25) is 0 Å². The first-order valence-electron chi connectivity index (χ1n) is 9.58. The third-order valence-electron chi connectivity index (χ3n) is 4.37. The fraction of sp³-hybridized carbons (Fsp3) is 0.850. The molecule has 0 aliphatic heterocycles. The molecule has 2 atom stereocenters. The quantitative estimate of drug-likeness (QED) is 0.225. The lowest BCUT2D eigenvalue weighted by Gasteiger charge is -2.14. The van der Waals surface area contributed by atoms with Crippen LogP contribution in [0.2, 0.25) is 0 Å². The molecule has 0 aromatic carbocycles. The third-order valence-corrected chi connectivity index (χ3v) is 4.37. The Kier molecular flexibility index (Phi) is 15.5. The van der Waals surface area contributed by atoms with Crippen LogP contribution < -0.4 is 0 Å². The van der Waals surface area contributed by atoms with Gasteiger partial charge >= 0.3 is 5.97 Å². The van der Waals surface area contributed by atoms with Gasteiger partial charge in [-0.15, -0.1) is 0 Å². The summed E-state index contributed by atoms with van der Waals surface area (Å²) in [6, 6.07) is 0. The number of rotatable bonds is 15. The highest BCUT2D eigenvalue weighted by molar-refractivity contribution is 5.81. The number of esters is 1. The molecule has 0 fully saturated rings. The average molecular weight is 327 g/mol. The molecule has 0 aliphatic rings. The van der Waals surface area contributed by atoms with Gasteiger partial charge in [-0.25, -0.2) is 4.79 Å². The van der Waals surface area contributed by atoms with Gasteiger partial charge in [-0.05, 0) is 24.7 Å². The van der Waals surface area contributed by atoms with E-state index in [1.807, 2.05) is 0 Å². The first-order valence-corrected chi connectivity index (χ1v) is 9.58. The van der Waals surface area contributed by atoms with Crippen molar-refractivity contribution in [2.45, 2.75) is 79.1 Å². The van der Waals surface area contributed by atoms with Crippen LogP contribution in [-0.2, 0) is 14.3 Å². The van der Waals surface area contributed by atoms with E-state index in [2.05, 4.69) is 27.7 Å². The van der Waals surface area contributed by atoms with Crippen LogP contribution in [0.25, 0.3) is 0 Å². The summed E-state index contributed by atoms with van der Waals surface area (Å²) in [5.41, 5.74) is 0. The maximum Gasteiger partial charge on any atom is 0.330 e. The Morgan fingerprint density at radius 2 is 1.48 bits per heavy atom. The highest BCUT2D eigenvalue weighted by atomic mass is 16.5. The Morgan fingerprint density at radius 1 is 0.913 bits per heavy atom. The summed E-state index contributed by atoms with van der Waals surface area (Å²) in [4.78, 5) is 11.7. The molecule has 0 rings (SSSR count). The molecular weight excluding hydrogens is 288 g/mol. The lowest BCUT2D eigenvalue weighted by molar-refractivity contribution is -0.139. The molecule has 0 amide bonds. The number of unbranched alkanes of at least 4 members (excludes halogenated alkanes) is 2. The maximum atomic E-state index is 11.7. The standard InChI is InChI=1S/C20H38O3/c1-5-9-12-18(7-3)16-22-15-11-14-20(21)23-17-19(8-4)13-10-6-2/h11,14,18-19H,5-10,12-13,15-17H2,1-4H3/b14-11-. The van der Waals surface area contributed by atoms with Gasteiger partial charge < -0.3 is 9.47 Å². The SMILES string of the molecule is CCCCC(CC)COC/C=C\C(=O)OCC(CC)CCCC. The first kappa shape index (κ1) is 22.2. The summed E-state index contributed by atoms with van der Waals surface area (Å²) in [6.07, 6.45) is 12.8. The molecule has 0 heterocycles. The van der Waals surface area contributed by atoms with Crippen LogP contribution in [0.3, 0.4) is 0 Å². The molecular formula is C20H38O3. The molecule has 23 heavy (non-hydrogen) atoms. The summed E-state index contributed by atoms with van der Waals surface area (Å²) in [6.45, 7) is 10.6. The van der Waals surface area contributed by atoms with Crippen molar-refractivity contribution < 1.29 is 14.3 Å². The maximum absolute atomic E-state index is 11.7. The Morgan fingerprint density at radius 3 is 2.00 bits per heavy atom. The van der Waals surface area contributed by atoms with Crippen LogP contribution >= 0.6 is 0 Å². The molecule has 3 heteroatoms. The Balaban J connectivity index is 3.78. The van der Waals surface area contributed by atoms with Crippen molar-refractivity contribution in [1.29, 1.82) is 0 Å². The molecule has 0 N–H and O–H groups in total. The minimum atomic E-state index is -0.249. The van der Waals surface area contributed by atoms with E-state index in [1.165, 1.54) is 38.2 Å². The molecule has 0 saturated carbocycles. The van der Waals surface area contributed by atoms with Gasteiger partial charge in [0, 0.05) is 12.7 Å². The lowest BCUT2D eigenvalue weighted by atomic mass is 10.0. The van der Waals surface area contributed by atoms with Crippen molar-refractivity contribution in [2.75, 3.05) is 19.8 Å². The van der Waals surface area contributed by atoms with E-state index in [0.717, 1.165) is 25.9 Å². The number of carbonyl (C=O) groups excluding carboxylic acids is 1. The summed E-state index contributed by atoms with van der Waals surface area (Å²) >= 11 is 0. The van der Waals surface area contributed by atoms with Crippen molar-refractivity contribution in [2.24, 2.45) is 11.8 Å². The smallest absolute Gasteiger partial charge is 0.330 e. The molecule has 0 spiro atoms. The van der Waals surface area contributed by atoms with E-state index in [0.29, 0.717) is 25.0 Å². The zero-order valence-corrected chi connectivity index (χ0v) is 15.8. The Labute approximate surface area is 143 Å². The van der Waals surface area contributed by atoms with E-state index in [9.17, 15) is 4.79 Å². The van der Waals surface area contributed by atoms with E-state index in [4.69, 9.17) is 9.47 Å². The summed E-state index contributed by atoms with van der Waals surface area (Å²) in [5, 5.41) is 0. The van der Waals surface area contributed by atoms with E-state index < -0.39 is 0 Å². The normalized spacial score (nSPS) is 14.1. The van der Waals surface area contributed by atoms with Crippen LogP contribution in [0, 0.1) is 11.8 Å². The van der Waals surface area contributed by atoms with Crippen molar-refractivity contribution >= 4 is 5.97 Å². The second-order valence-corrected chi connectivity index (χ2v) is 6.40. The lowest BCUT2D eigenvalue weighted by Crippen LogP contribution is -2.12. The zero-order chi connectivity index (χ0) is 17.3. The van der Waals surface area contributed by atoms with E-state index >= 15 is 0 Å². The predicted octanol–water partition coefficient (Wildman–Crippen LogP) is 5.54. The summed E-state index contributed by atoms with van der Waals surface area (Å²) in [7, 11) is 0. The van der Waals surface area contributed by atoms with Crippen molar-refractivity contribution in [1.82, 2.24) is 0 Å². The number of hydrogen-bond donors (Lipinski definition) is 0. The van der Waals surface area contributed by atoms with Crippen molar-refractivity contribution in [3.05, 3.63) is 12.2 Å². The van der Waals surface area contributed by atoms with Gasteiger partial charge in [0.2, 0.25) is 0 Å². The van der Waals surface area contributed by atoms with Crippen LogP contribution in [-0.4, -0.2) is 25.8 Å². The van der Waals surface area contributed by atoms with Crippen LogP contribution in [0.1, 0.15) is 79.1 Å². The molecule has 0 aromatic rings. The Hall–Kier alpha value is -0.830. The van der Waals surface area contributed by atoms with E-state index in [1.54, 1.807) is 6.08 Å². The van der Waals surface area contributed by atoms with Crippen LogP contribution in [0.15, 0.2) is 12.2 Å². The third kappa shape index (κ3) is 13.3. The second kappa shape index (κ2) is 16.0. The number of carbonyl (C=O) groups is 1.